The molecule has 0 unspecified atom stereocenters. The summed E-state index contributed by atoms with van der Waals surface area (Å²) in [6.45, 7) is 1.96. The van der Waals surface area contributed by atoms with Gasteiger partial charge in [-0.1, -0.05) is 22.9 Å². The minimum Gasteiger partial charge on any atom is -0.298 e. The van der Waals surface area contributed by atoms with Crippen LogP contribution in [-0.4, -0.2) is 24.3 Å². The van der Waals surface area contributed by atoms with E-state index < -0.39 is 10.0 Å². The zero-order chi connectivity index (χ0) is 23.2. The fourth-order valence-corrected chi connectivity index (χ4v) is 6.26. The summed E-state index contributed by atoms with van der Waals surface area (Å²) in [5, 5.41) is 4.71. The molecular weight excluding hydrogens is 500 g/mol. The summed E-state index contributed by atoms with van der Waals surface area (Å²) in [6.07, 6.45) is 0. The normalized spacial score (nSPS) is 11.7. The zero-order valence-electron chi connectivity index (χ0n) is 17.0. The lowest BCUT2D eigenvalue weighted by Gasteiger charge is -2.09. The Labute approximate surface area is 202 Å². The maximum atomic E-state index is 12.7. The third-order valence-corrected chi connectivity index (χ3v) is 8.34. The van der Waals surface area contributed by atoms with Gasteiger partial charge in [-0.3, -0.25) is 14.8 Å². The van der Waals surface area contributed by atoms with E-state index in [4.69, 9.17) is 11.6 Å². The van der Waals surface area contributed by atoms with Crippen molar-refractivity contribution in [3.05, 3.63) is 76.3 Å². The van der Waals surface area contributed by atoms with Crippen LogP contribution in [-0.2, 0) is 10.0 Å². The van der Waals surface area contributed by atoms with E-state index in [-0.39, 0.29) is 10.8 Å². The van der Waals surface area contributed by atoms with E-state index in [0.717, 1.165) is 25.4 Å². The van der Waals surface area contributed by atoms with Gasteiger partial charge in [0, 0.05) is 16.3 Å². The lowest BCUT2D eigenvalue weighted by atomic mass is 10.2. The number of amides is 1. The lowest BCUT2D eigenvalue weighted by Crippen LogP contribution is -2.14. The van der Waals surface area contributed by atoms with Crippen molar-refractivity contribution in [1.29, 1.82) is 0 Å². The molecule has 3 aromatic carbocycles. The Morgan fingerprint density at radius 2 is 1.67 bits per heavy atom. The van der Waals surface area contributed by atoms with Crippen LogP contribution in [0, 0.1) is 6.92 Å². The highest BCUT2D eigenvalue weighted by molar-refractivity contribution is 7.92. The number of sulfonamides is 1. The van der Waals surface area contributed by atoms with Crippen molar-refractivity contribution in [2.45, 2.75) is 11.8 Å². The molecule has 2 N–H and O–H groups in total. The van der Waals surface area contributed by atoms with E-state index in [1.54, 1.807) is 23.5 Å². The molecule has 0 spiro atoms. The molecule has 5 rings (SSSR count). The van der Waals surface area contributed by atoms with Gasteiger partial charge < -0.3 is 0 Å². The molecule has 0 radical (unpaired) electrons. The molecule has 2 aromatic heterocycles. The van der Waals surface area contributed by atoms with Gasteiger partial charge in [-0.05, 0) is 67.6 Å². The standard InChI is InChI=1S/C22H15ClN4O3S3/c1-12-24-19-18(31-12)11-10-17-20(19)32-22(25-17)26-21(28)13-2-6-15(7-3-13)27-33(29,30)16-8-4-14(23)5-9-16/h2-11,27H,1H3,(H,25,26,28). The number of nitrogens with zero attached hydrogens (tertiary/aromatic N) is 2. The predicted octanol–water partition coefficient (Wildman–Crippen LogP) is 5.92. The summed E-state index contributed by atoms with van der Waals surface area (Å²) in [5.41, 5.74) is 2.38. The zero-order valence-corrected chi connectivity index (χ0v) is 20.2. The Kier molecular flexibility index (Phi) is 5.53. The molecule has 33 heavy (non-hydrogen) atoms. The number of aromatic nitrogens is 2. The number of thiazole rings is 2. The second-order valence-electron chi connectivity index (χ2n) is 7.10. The molecular formula is C22H15ClN4O3S3. The third-order valence-electron chi connectivity index (χ3n) is 4.77. The van der Waals surface area contributed by atoms with Crippen molar-refractivity contribution in [1.82, 2.24) is 9.97 Å². The number of carbonyl (C=O) groups excluding carboxylic acids is 1. The maximum absolute atomic E-state index is 12.7. The number of halogens is 1. The predicted molar refractivity (Wildman–Crippen MR) is 134 cm³/mol. The number of anilines is 2. The first-order chi connectivity index (χ1) is 15.8. The van der Waals surface area contributed by atoms with Gasteiger partial charge in [-0.2, -0.15) is 0 Å². The molecule has 0 aliphatic carbocycles. The third kappa shape index (κ3) is 4.42. The summed E-state index contributed by atoms with van der Waals surface area (Å²) in [4.78, 5) is 21.9. The SMILES string of the molecule is Cc1nc2c(ccc3nc(NC(=O)c4ccc(NS(=O)(=O)c5ccc(Cl)cc5)cc4)sc32)s1. The molecule has 5 aromatic rings. The monoisotopic (exact) mass is 514 g/mol. The van der Waals surface area contributed by atoms with Gasteiger partial charge in [-0.15, -0.1) is 11.3 Å². The summed E-state index contributed by atoms with van der Waals surface area (Å²) in [7, 11) is -3.77. The smallest absolute Gasteiger partial charge is 0.261 e. The fourth-order valence-electron chi connectivity index (χ4n) is 3.23. The van der Waals surface area contributed by atoms with Crippen LogP contribution in [0.2, 0.25) is 5.02 Å². The van der Waals surface area contributed by atoms with Crippen LogP contribution in [0.25, 0.3) is 20.4 Å². The van der Waals surface area contributed by atoms with Crippen molar-refractivity contribution in [3.63, 3.8) is 0 Å². The van der Waals surface area contributed by atoms with E-state index in [1.807, 2.05) is 19.1 Å². The fraction of sp³-hybridized carbons (Fsp3) is 0.0455. The second-order valence-corrected chi connectivity index (χ2v) is 11.5. The first-order valence-corrected chi connectivity index (χ1v) is 13.1. The number of carbonyl (C=O) groups is 1. The van der Waals surface area contributed by atoms with E-state index in [0.29, 0.717) is 21.4 Å². The van der Waals surface area contributed by atoms with E-state index in [2.05, 4.69) is 20.0 Å². The van der Waals surface area contributed by atoms with Crippen LogP contribution in [0.15, 0.2) is 65.6 Å². The molecule has 0 saturated heterocycles. The van der Waals surface area contributed by atoms with Crippen molar-refractivity contribution < 1.29 is 13.2 Å². The minimum absolute atomic E-state index is 0.0916. The van der Waals surface area contributed by atoms with Crippen molar-refractivity contribution in [2.24, 2.45) is 0 Å². The number of hydrogen-bond donors (Lipinski definition) is 2. The topological polar surface area (TPSA) is 101 Å². The number of fused-ring (bicyclic) bond motifs is 3. The van der Waals surface area contributed by atoms with Gasteiger partial charge in [0.2, 0.25) is 0 Å². The highest BCUT2D eigenvalue weighted by Crippen LogP contribution is 2.34. The average molecular weight is 515 g/mol. The maximum Gasteiger partial charge on any atom is 0.261 e. The Hall–Kier alpha value is -3.05. The molecule has 0 bridgehead atoms. The van der Waals surface area contributed by atoms with Crippen molar-refractivity contribution >= 4 is 81.5 Å². The van der Waals surface area contributed by atoms with Crippen LogP contribution in [0.5, 0.6) is 0 Å². The molecule has 7 nitrogen and oxygen atoms in total. The number of hydrogen-bond acceptors (Lipinski definition) is 7. The summed E-state index contributed by atoms with van der Waals surface area (Å²) < 4.78 is 29.5. The summed E-state index contributed by atoms with van der Waals surface area (Å²) >= 11 is 8.81. The highest BCUT2D eigenvalue weighted by Gasteiger charge is 2.16. The quantitative estimate of drug-likeness (QED) is 0.303. The summed E-state index contributed by atoms with van der Waals surface area (Å²) in [5.74, 6) is -0.341. The second kappa shape index (κ2) is 8.38. The van der Waals surface area contributed by atoms with Crippen LogP contribution >= 0.6 is 34.3 Å². The number of aryl methyl sites for hydroxylation is 1. The Morgan fingerprint density at radius 3 is 2.39 bits per heavy atom. The first-order valence-electron chi connectivity index (χ1n) is 9.65. The lowest BCUT2D eigenvalue weighted by molar-refractivity contribution is 0.102. The number of nitrogens with one attached hydrogen (secondary N) is 2. The van der Waals surface area contributed by atoms with Crippen molar-refractivity contribution in [2.75, 3.05) is 10.0 Å². The minimum atomic E-state index is -3.77. The Balaban J connectivity index is 1.32. The molecule has 0 atom stereocenters. The Bertz CT molecular complexity index is 1610. The van der Waals surface area contributed by atoms with Crippen LogP contribution in [0.3, 0.4) is 0 Å². The van der Waals surface area contributed by atoms with E-state index >= 15 is 0 Å². The number of benzene rings is 3. The number of rotatable bonds is 5. The van der Waals surface area contributed by atoms with E-state index in [9.17, 15) is 13.2 Å². The van der Waals surface area contributed by atoms with Crippen LogP contribution in [0.4, 0.5) is 10.8 Å². The van der Waals surface area contributed by atoms with Gasteiger partial charge in [0.05, 0.1) is 24.8 Å². The summed E-state index contributed by atoms with van der Waals surface area (Å²) in [6, 6.07) is 15.9. The molecule has 0 aliphatic rings. The molecule has 1 amide bonds. The molecule has 166 valence electrons. The van der Waals surface area contributed by atoms with Crippen LogP contribution in [0.1, 0.15) is 15.4 Å². The largest absolute Gasteiger partial charge is 0.298 e. The van der Waals surface area contributed by atoms with Crippen LogP contribution < -0.4 is 10.0 Å². The average Bonchev–Trinajstić information content (AvgIpc) is 3.36. The van der Waals surface area contributed by atoms with Crippen molar-refractivity contribution in [3.8, 4) is 0 Å². The highest BCUT2D eigenvalue weighted by atomic mass is 35.5. The van der Waals surface area contributed by atoms with E-state index in [1.165, 1.54) is 47.7 Å². The molecule has 2 heterocycles. The van der Waals surface area contributed by atoms with Gasteiger partial charge in [-0.25, -0.2) is 18.4 Å². The van der Waals surface area contributed by atoms with Gasteiger partial charge >= 0.3 is 0 Å². The molecule has 11 heteroatoms. The molecule has 0 saturated carbocycles. The molecule has 0 fully saturated rings. The molecule has 0 aliphatic heterocycles. The van der Waals surface area contributed by atoms with Gasteiger partial charge in [0.1, 0.15) is 5.52 Å². The van der Waals surface area contributed by atoms with Gasteiger partial charge in [0.15, 0.2) is 5.13 Å². The van der Waals surface area contributed by atoms with Gasteiger partial charge in [0.25, 0.3) is 15.9 Å². The first kappa shape index (κ1) is 21.8. The Morgan fingerprint density at radius 1 is 0.939 bits per heavy atom.